The van der Waals surface area contributed by atoms with Crippen molar-refractivity contribution in [2.75, 3.05) is 13.2 Å². The number of benzene rings is 1. The molecule has 0 bridgehead atoms. The van der Waals surface area contributed by atoms with Gasteiger partial charge in [0.05, 0.1) is 19.4 Å². The van der Waals surface area contributed by atoms with E-state index in [-0.39, 0.29) is 25.8 Å². The van der Waals surface area contributed by atoms with Crippen LogP contribution in [0.1, 0.15) is 31.4 Å². The van der Waals surface area contributed by atoms with E-state index in [2.05, 4.69) is 0 Å². The molecule has 0 heterocycles. The van der Waals surface area contributed by atoms with Crippen molar-refractivity contribution in [2.45, 2.75) is 38.9 Å². The van der Waals surface area contributed by atoms with E-state index in [4.69, 9.17) is 19.3 Å². The van der Waals surface area contributed by atoms with Crippen molar-refractivity contribution < 1.29 is 38.2 Å². The van der Waals surface area contributed by atoms with Crippen molar-refractivity contribution in [2.24, 2.45) is 0 Å². The quantitative estimate of drug-likeness (QED) is 0.357. The molecular weight excluding hydrogens is 377 g/mol. The standard InChI is InChI=1S/C17H24NO8P/c1-3-25-27(24,26-4-2)11-13-7-5-12(6-8-13)9-10-14(19)18-15(16(20)21)17(22)23/h5-8,15H,3-4,9-11H2,1-2H3,(H,18,19)(H,20,21)(H,22,23). The summed E-state index contributed by atoms with van der Waals surface area (Å²) < 4.78 is 23.0. The average molecular weight is 401 g/mol. The maximum Gasteiger partial charge on any atom is 0.338 e. The van der Waals surface area contributed by atoms with E-state index in [1.807, 2.05) is 5.32 Å². The first kappa shape index (κ1) is 22.8. The van der Waals surface area contributed by atoms with Gasteiger partial charge in [0.15, 0.2) is 0 Å². The largest absolute Gasteiger partial charge is 0.479 e. The molecule has 0 spiro atoms. The van der Waals surface area contributed by atoms with Crippen LogP contribution in [0.3, 0.4) is 0 Å². The van der Waals surface area contributed by atoms with E-state index in [9.17, 15) is 18.9 Å². The van der Waals surface area contributed by atoms with Crippen molar-refractivity contribution >= 4 is 25.4 Å². The first-order chi connectivity index (χ1) is 12.7. The molecule has 0 fully saturated rings. The molecule has 0 aliphatic carbocycles. The van der Waals surface area contributed by atoms with Crippen LogP contribution in [0.15, 0.2) is 24.3 Å². The first-order valence-electron chi connectivity index (χ1n) is 8.41. The summed E-state index contributed by atoms with van der Waals surface area (Å²) in [6, 6.07) is 5.02. The molecule has 9 nitrogen and oxygen atoms in total. The van der Waals surface area contributed by atoms with E-state index in [0.29, 0.717) is 6.42 Å². The lowest BCUT2D eigenvalue weighted by Gasteiger charge is -2.17. The minimum absolute atomic E-state index is 0.0627. The Morgan fingerprint density at radius 1 is 1.00 bits per heavy atom. The second-order valence-electron chi connectivity index (χ2n) is 5.60. The zero-order valence-corrected chi connectivity index (χ0v) is 16.1. The van der Waals surface area contributed by atoms with Crippen LogP contribution < -0.4 is 5.32 Å². The Bertz CT molecular complexity index is 679. The predicted molar refractivity (Wildman–Crippen MR) is 96.5 cm³/mol. The van der Waals surface area contributed by atoms with Crippen LogP contribution in [0.2, 0.25) is 0 Å². The van der Waals surface area contributed by atoms with Crippen LogP contribution in [0, 0.1) is 0 Å². The second-order valence-corrected chi connectivity index (χ2v) is 7.65. The number of carbonyl (C=O) groups is 3. The molecule has 27 heavy (non-hydrogen) atoms. The minimum Gasteiger partial charge on any atom is -0.479 e. The third-order valence-electron chi connectivity index (χ3n) is 3.49. The average Bonchev–Trinajstić information content (AvgIpc) is 2.58. The molecule has 1 aromatic rings. The summed E-state index contributed by atoms with van der Waals surface area (Å²) in [5.41, 5.74) is 1.55. The number of carbonyl (C=O) groups excluding carboxylic acids is 1. The fourth-order valence-corrected chi connectivity index (χ4v) is 3.98. The van der Waals surface area contributed by atoms with Gasteiger partial charge in [-0.15, -0.1) is 0 Å². The van der Waals surface area contributed by atoms with Crippen LogP contribution in [0.25, 0.3) is 0 Å². The third-order valence-corrected chi connectivity index (χ3v) is 5.55. The lowest BCUT2D eigenvalue weighted by molar-refractivity contribution is -0.153. The second kappa shape index (κ2) is 10.8. The molecule has 3 N–H and O–H groups in total. The van der Waals surface area contributed by atoms with E-state index < -0.39 is 31.5 Å². The molecule has 0 radical (unpaired) electrons. The summed E-state index contributed by atoms with van der Waals surface area (Å²) in [4.78, 5) is 33.2. The predicted octanol–water partition coefficient (Wildman–Crippen LogP) is 2.04. The summed E-state index contributed by atoms with van der Waals surface area (Å²) in [5, 5.41) is 19.4. The van der Waals surface area contributed by atoms with Gasteiger partial charge in [-0.2, -0.15) is 0 Å². The SMILES string of the molecule is CCOP(=O)(Cc1ccc(CCC(=O)NC(C(=O)O)C(=O)O)cc1)OCC. The molecule has 0 aliphatic rings. The number of hydrogen-bond donors (Lipinski definition) is 3. The van der Waals surface area contributed by atoms with Gasteiger partial charge in [0, 0.05) is 6.42 Å². The maximum atomic E-state index is 12.5. The Labute approximate surface area is 157 Å². The highest BCUT2D eigenvalue weighted by atomic mass is 31.2. The Hall–Kier alpha value is -2.22. The number of carboxylic acids is 2. The highest BCUT2D eigenvalue weighted by molar-refractivity contribution is 7.53. The lowest BCUT2D eigenvalue weighted by Crippen LogP contribution is -2.46. The van der Waals surface area contributed by atoms with Crippen molar-refractivity contribution in [3.63, 3.8) is 0 Å². The van der Waals surface area contributed by atoms with Gasteiger partial charge in [-0.25, -0.2) is 9.59 Å². The molecule has 0 atom stereocenters. The topological polar surface area (TPSA) is 139 Å². The summed E-state index contributed by atoms with van der Waals surface area (Å²) in [5.74, 6) is -3.94. The van der Waals surface area contributed by atoms with Gasteiger partial charge in [0.25, 0.3) is 0 Å². The van der Waals surface area contributed by atoms with E-state index >= 15 is 0 Å². The maximum absolute atomic E-state index is 12.5. The molecule has 0 aromatic heterocycles. The lowest BCUT2D eigenvalue weighted by atomic mass is 10.1. The molecule has 10 heteroatoms. The molecule has 0 aliphatic heterocycles. The Kier molecular flexibility index (Phi) is 9.14. The molecule has 0 saturated carbocycles. The van der Waals surface area contributed by atoms with Gasteiger partial charge in [0.2, 0.25) is 11.9 Å². The minimum atomic E-state index is -3.20. The Morgan fingerprint density at radius 3 is 1.93 bits per heavy atom. The van der Waals surface area contributed by atoms with Crippen molar-refractivity contribution in [1.82, 2.24) is 5.32 Å². The summed E-state index contributed by atoms with van der Waals surface area (Å²) in [6.45, 7) is 4.02. The van der Waals surface area contributed by atoms with Gasteiger partial charge in [-0.05, 0) is 31.4 Å². The summed E-state index contributed by atoms with van der Waals surface area (Å²) in [6.07, 6.45) is 0.369. The van der Waals surface area contributed by atoms with E-state index in [0.717, 1.165) is 11.1 Å². The Balaban J connectivity index is 2.62. The molecule has 1 amide bonds. The highest BCUT2D eigenvalue weighted by Crippen LogP contribution is 2.51. The number of aryl methyl sites for hydroxylation is 1. The molecular formula is C17H24NO8P. The zero-order valence-electron chi connectivity index (χ0n) is 15.2. The van der Waals surface area contributed by atoms with Crippen molar-refractivity contribution in [3.8, 4) is 0 Å². The van der Waals surface area contributed by atoms with Gasteiger partial charge < -0.3 is 24.6 Å². The molecule has 1 rings (SSSR count). The molecule has 150 valence electrons. The number of amides is 1. The van der Waals surface area contributed by atoms with Crippen LogP contribution in [0.4, 0.5) is 0 Å². The normalized spacial score (nSPS) is 11.4. The summed E-state index contributed by atoms with van der Waals surface area (Å²) >= 11 is 0. The fraction of sp³-hybridized carbons (Fsp3) is 0.471. The highest BCUT2D eigenvalue weighted by Gasteiger charge is 2.27. The van der Waals surface area contributed by atoms with E-state index in [1.54, 1.807) is 38.1 Å². The number of aliphatic carboxylic acids is 2. The smallest absolute Gasteiger partial charge is 0.338 e. The summed E-state index contributed by atoms with van der Waals surface area (Å²) in [7, 11) is -3.20. The van der Waals surface area contributed by atoms with Crippen molar-refractivity contribution in [1.29, 1.82) is 0 Å². The van der Waals surface area contributed by atoms with Crippen molar-refractivity contribution in [3.05, 3.63) is 35.4 Å². The van der Waals surface area contributed by atoms with E-state index in [1.165, 1.54) is 0 Å². The van der Waals surface area contributed by atoms with Gasteiger partial charge in [-0.3, -0.25) is 9.36 Å². The number of hydrogen-bond acceptors (Lipinski definition) is 6. The van der Waals surface area contributed by atoms with Gasteiger partial charge in [-0.1, -0.05) is 24.3 Å². The fourth-order valence-electron chi connectivity index (χ4n) is 2.28. The van der Waals surface area contributed by atoms with Gasteiger partial charge >= 0.3 is 19.5 Å². The zero-order chi connectivity index (χ0) is 20.4. The van der Waals surface area contributed by atoms with Crippen LogP contribution >= 0.6 is 7.60 Å². The molecule has 1 aromatic carbocycles. The first-order valence-corrected chi connectivity index (χ1v) is 10.1. The van der Waals surface area contributed by atoms with Crippen LogP contribution in [0.5, 0.6) is 0 Å². The van der Waals surface area contributed by atoms with Crippen LogP contribution in [-0.4, -0.2) is 47.3 Å². The third kappa shape index (κ3) is 7.90. The number of nitrogens with one attached hydrogen (secondary N) is 1. The van der Waals surface area contributed by atoms with Crippen LogP contribution in [-0.2, 0) is 40.6 Å². The number of carboxylic acid groups (broad SMARTS) is 2. The Morgan fingerprint density at radius 2 is 1.48 bits per heavy atom. The van der Waals surface area contributed by atoms with Gasteiger partial charge in [0.1, 0.15) is 0 Å². The molecule has 0 unspecified atom stereocenters. The molecule has 0 saturated heterocycles. The monoisotopic (exact) mass is 401 g/mol. The number of rotatable bonds is 12.